The normalized spacial score (nSPS) is 14.0. The lowest BCUT2D eigenvalue weighted by atomic mass is 9.96. The molecule has 0 aliphatic heterocycles. The molecular formula is C15H22FNO4. The van der Waals surface area contributed by atoms with Gasteiger partial charge in [0.05, 0.1) is 0 Å². The number of hydrogen-bond donors (Lipinski definition) is 1. The number of amides is 1. The number of hydrogen-bond acceptors (Lipinski definition) is 3. The van der Waals surface area contributed by atoms with Crippen LogP contribution in [0.5, 0.6) is 0 Å². The van der Waals surface area contributed by atoms with Crippen LogP contribution in [0.25, 0.3) is 0 Å². The van der Waals surface area contributed by atoms with Crippen molar-refractivity contribution in [1.29, 1.82) is 0 Å². The highest BCUT2D eigenvalue weighted by Gasteiger charge is 2.44. The molecule has 0 aromatic heterocycles. The van der Waals surface area contributed by atoms with Crippen molar-refractivity contribution in [2.24, 2.45) is 0 Å². The van der Waals surface area contributed by atoms with E-state index in [1.165, 1.54) is 19.2 Å². The summed E-state index contributed by atoms with van der Waals surface area (Å²) >= 11 is 0. The molecule has 21 heavy (non-hydrogen) atoms. The molecule has 0 aliphatic carbocycles. The van der Waals surface area contributed by atoms with Gasteiger partial charge in [-0.25, -0.2) is 9.18 Å². The SMILES string of the molecule is CC[C@@](OCOC)(c1ccccc1F)N(C(=O)O)C(C)C. The third kappa shape index (κ3) is 3.51. The number of carbonyl (C=O) groups is 1. The fourth-order valence-electron chi connectivity index (χ4n) is 2.47. The van der Waals surface area contributed by atoms with Crippen molar-refractivity contribution < 1.29 is 23.8 Å². The van der Waals surface area contributed by atoms with Gasteiger partial charge in [-0.3, -0.25) is 4.90 Å². The first-order valence-corrected chi connectivity index (χ1v) is 6.80. The Hall–Kier alpha value is -1.66. The fourth-order valence-corrected chi connectivity index (χ4v) is 2.47. The van der Waals surface area contributed by atoms with Crippen molar-refractivity contribution in [3.63, 3.8) is 0 Å². The van der Waals surface area contributed by atoms with Gasteiger partial charge >= 0.3 is 6.09 Å². The molecule has 0 fully saturated rings. The van der Waals surface area contributed by atoms with Crippen molar-refractivity contribution in [3.8, 4) is 0 Å². The zero-order valence-corrected chi connectivity index (χ0v) is 12.8. The van der Waals surface area contributed by atoms with Gasteiger partial charge in [0, 0.05) is 18.7 Å². The maximum Gasteiger partial charge on any atom is 0.410 e. The van der Waals surface area contributed by atoms with Crippen LogP contribution in [-0.2, 0) is 15.2 Å². The molecule has 1 aromatic rings. The highest BCUT2D eigenvalue weighted by molar-refractivity contribution is 5.66. The Morgan fingerprint density at radius 1 is 1.43 bits per heavy atom. The lowest BCUT2D eigenvalue weighted by Gasteiger charge is -2.43. The average Bonchev–Trinajstić information content (AvgIpc) is 2.43. The second-order valence-corrected chi connectivity index (χ2v) is 4.91. The van der Waals surface area contributed by atoms with Crippen molar-refractivity contribution in [2.45, 2.75) is 39.0 Å². The summed E-state index contributed by atoms with van der Waals surface area (Å²) in [6.07, 6.45) is -0.923. The standard InChI is InChI=1S/C15H22FNO4/c1-5-15(21-10-20-4,17(11(2)3)14(18)19)12-8-6-7-9-13(12)16/h6-9,11H,5,10H2,1-4H3,(H,18,19)/t15-/m1/s1. The molecule has 1 rings (SSSR count). The summed E-state index contributed by atoms with van der Waals surface area (Å²) in [6, 6.07) is 5.64. The third-order valence-corrected chi connectivity index (χ3v) is 3.30. The molecule has 0 aliphatic rings. The Morgan fingerprint density at radius 2 is 2.05 bits per heavy atom. The van der Waals surface area contributed by atoms with Crippen LogP contribution in [0.15, 0.2) is 24.3 Å². The van der Waals surface area contributed by atoms with Crippen LogP contribution in [0.2, 0.25) is 0 Å². The van der Waals surface area contributed by atoms with Gasteiger partial charge < -0.3 is 14.6 Å². The van der Waals surface area contributed by atoms with E-state index in [-0.39, 0.29) is 24.8 Å². The molecule has 0 spiro atoms. The van der Waals surface area contributed by atoms with E-state index >= 15 is 0 Å². The topological polar surface area (TPSA) is 59.0 Å². The second-order valence-electron chi connectivity index (χ2n) is 4.91. The van der Waals surface area contributed by atoms with Crippen LogP contribution in [0.1, 0.15) is 32.8 Å². The summed E-state index contributed by atoms with van der Waals surface area (Å²) in [4.78, 5) is 12.8. The van der Waals surface area contributed by atoms with Crippen LogP contribution in [0.4, 0.5) is 9.18 Å². The fraction of sp³-hybridized carbons (Fsp3) is 0.533. The molecule has 0 bridgehead atoms. The first-order chi connectivity index (χ1) is 9.90. The Labute approximate surface area is 124 Å². The van der Waals surface area contributed by atoms with E-state index in [0.29, 0.717) is 0 Å². The molecule has 1 amide bonds. The highest BCUT2D eigenvalue weighted by Crippen LogP contribution is 2.37. The van der Waals surface area contributed by atoms with Gasteiger partial charge in [0.1, 0.15) is 12.6 Å². The third-order valence-electron chi connectivity index (χ3n) is 3.30. The Morgan fingerprint density at radius 3 is 2.48 bits per heavy atom. The molecule has 1 atom stereocenters. The minimum atomic E-state index is -1.43. The largest absolute Gasteiger partial charge is 0.465 e. The monoisotopic (exact) mass is 299 g/mol. The van der Waals surface area contributed by atoms with Gasteiger partial charge in [-0.1, -0.05) is 25.1 Å². The van der Waals surface area contributed by atoms with E-state index in [0.717, 1.165) is 4.90 Å². The average molecular weight is 299 g/mol. The molecular weight excluding hydrogens is 277 g/mol. The van der Waals surface area contributed by atoms with E-state index in [4.69, 9.17) is 9.47 Å². The number of methoxy groups -OCH3 is 1. The molecule has 0 radical (unpaired) electrons. The first-order valence-electron chi connectivity index (χ1n) is 6.80. The van der Waals surface area contributed by atoms with Gasteiger partial charge in [0.25, 0.3) is 0 Å². The molecule has 1 N–H and O–H groups in total. The van der Waals surface area contributed by atoms with Crippen LogP contribution in [0.3, 0.4) is 0 Å². The van der Waals surface area contributed by atoms with Crippen molar-refractivity contribution in [1.82, 2.24) is 4.90 Å². The Balaban J connectivity index is 3.46. The molecule has 6 heteroatoms. The highest BCUT2D eigenvalue weighted by atomic mass is 19.1. The van der Waals surface area contributed by atoms with Crippen LogP contribution in [0, 0.1) is 5.82 Å². The van der Waals surface area contributed by atoms with Gasteiger partial charge in [0.2, 0.25) is 0 Å². The molecule has 0 heterocycles. The van der Waals surface area contributed by atoms with Gasteiger partial charge in [0.15, 0.2) is 5.72 Å². The predicted molar refractivity (Wildman–Crippen MR) is 76.3 cm³/mol. The quantitative estimate of drug-likeness (QED) is 0.784. The van der Waals surface area contributed by atoms with Crippen LogP contribution < -0.4 is 0 Å². The number of nitrogens with zero attached hydrogens (tertiary/aromatic N) is 1. The lowest BCUT2D eigenvalue weighted by molar-refractivity contribution is -0.210. The van der Waals surface area contributed by atoms with Gasteiger partial charge in [-0.05, 0) is 26.3 Å². The Kier molecular flexibility index (Phi) is 6.11. The molecule has 1 aromatic carbocycles. The molecule has 118 valence electrons. The summed E-state index contributed by atoms with van der Waals surface area (Å²) in [6.45, 7) is 5.05. The number of rotatable bonds is 7. The summed E-state index contributed by atoms with van der Waals surface area (Å²) in [7, 11) is 1.43. The second kappa shape index (κ2) is 7.38. The number of benzene rings is 1. The van der Waals surface area contributed by atoms with Crippen molar-refractivity contribution in [2.75, 3.05) is 13.9 Å². The van der Waals surface area contributed by atoms with Gasteiger partial charge in [-0.2, -0.15) is 0 Å². The van der Waals surface area contributed by atoms with Gasteiger partial charge in [-0.15, -0.1) is 0 Å². The first kappa shape index (κ1) is 17.4. The summed E-state index contributed by atoms with van der Waals surface area (Å²) in [5.74, 6) is -0.512. The van der Waals surface area contributed by atoms with E-state index in [2.05, 4.69) is 0 Å². The molecule has 0 saturated carbocycles. The number of ether oxygens (including phenoxy) is 2. The molecule has 0 unspecified atom stereocenters. The van der Waals surface area contributed by atoms with E-state index < -0.39 is 17.6 Å². The van der Waals surface area contributed by atoms with E-state index in [1.54, 1.807) is 32.9 Å². The minimum absolute atomic E-state index is 0.140. The minimum Gasteiger partial charge on any atom is -0.465 e. The predicted octanol–water partition coefficient (Wildman–Crippen LogP) is 3.40. The van der Waals surface area contributed by atoms with E-state index in [1.807, 2.05) is 0 Å². The van der Waals surface area contributed by atoms with Crippen molar-refractivity contribution in [3.05, 3.63) is 35.6 Å². The lowest BCUT2D eigenvalue weighted by Crippen LogP contribution is -2.54. The maximum atomic E-state index is 14.2. The summed E-state index contributed by atoms with van der Waals surface area (Å²) < 4.78 is 24.8. The number of carboxylic acid groups (broad SMARTS) is 1. The molecule has 5 nitrogen and oxygen atoms in total. The smallest absolute Gasteiger partial charge is 0.410 e. The van der Waals surface area contributed by atoms with Crippen LogP contribution in [-0.4, -0.2) is 36.0 Å². The zero-order chi connectivity index (χ0) is 16.0. The summed E-state index contributed by atoms with van der Waals surface area (Å²) in [5, 5.41) is 9.54. The van der Waals surface area contributed by atoms with E-state index in [9.17, 15) is 14.3 Å². The zero-order valence-electron chi connectivity index (χ0n) is 12.8. The maximum absolute atomic E-state index is 14.2. The number of halogens is 1. The van der Waals surface area contributed by atoms with Crippen molar-refractivity contribution >= 4 is 6.09 Å². The van der Waals surface area contributed by atoms with Crippen LogP contribution >= 0.6 is 0 Å². The Bertz CT molecular complexity index is 480. The molecule has 0 saturated heterocycles. The summed E-state index contributed by atoms with van der Waals surface area (Å²) in [5.41, 5.74) is -1.25.